The van der Waals surface area contributed by atoms with Crippen molar-refractivity contribution in [1.82, 2.24) is 19.4 Å². The third kappa shape index (κ3) is 2.53. The molecule has 6 heteroatoms. The highest BCUT2D eigenvalue weighted by atomic mass is 16.2. The third-order valence-corrected chi connectivity index (χ3v) is 6.73. The van der Waals surface area contributed by atoms with Crippen LogP contribution in [0.4, 0.5) is 5.69 Å². The Labute approximate surface area is 175 Å². The molecule has 1 N–H and O–H groups in total. The van der Waals surface area contributed by atoms with E-state index in [-0.39, 0.29) is 5.91 Å². The van der Waals surface area contributed by atoms with E-state index < -0.39 is 0 Å². The molecule has 152 valence electrons. The first kappa shape index (κ1) is 17.7. The van der Waals surface area contributed by atoms with E-state index in [1.807, 2.05) is 28.9 Å². The molecule has 0 aliphatic carbocycles. The van der Waals surface area contributed by atoms with Crippen molar-refractivity contribution in [3.63, 3.8) is 0 Å². The van der Waals surface area contributed by atoms with E-state index in [9.17, 15) is 4.79 Å². The highest BCUT2D eigenvalue weighted by Gasteiger charge is 2.27. The van der Waals surface area contributed by atoms with Crippen LogP contribution in [0.15, 0.2) is 36.7 Å². The zero-order valence-corrected chi connectivity index (χ0v) is 17.4. The maximum Gasteiger partial charge on any atom is 0.258 e. The molecule has 0 bridgehead atoms. The molecule has 30 heavy (non-hydrogen) atoms. The minimum Gasteiger partial charge on any atom is -0.358 e. The second-order valence-corrected chi connectivity index (χ2v) is 8.68. The van der Waals surface area contributed by atoms with Gasteiger partial charge in [-0.05, 0) is 55.8 Å². The van der Waals surface area contributed by atoms with Crippen LogP contribution in [-0.4, -0.2) is 45.5 Å². The lowest BCUT2D eigenvalue weighted by Gasteiger charge is -2.30. The Morgan fingerprint density at radius 2 is 1.97 bits per heavy atom. The summed E-state index contributed by atoms with van der Waals surface area (Å²) in [6.45, 7) is 2.74. The van der Waals surface area contributed by atoms with Crippen LogP contribution in [0.1, 0.15) is 33.6 Å². The van der Waals surface area contributed by atoms with E-state index in [0.717, 1.165) is 66.7 Å². The molecule has 0 fully saturated rings. The van der Waals surface area contributed by atoms with Crippen molar-refractivity contribution in [3.05, 3.63) is 59.0 Å². The van der Waals surface area contributed by atoms with Crippen LogP contribution >= 0.6 is 0 Å². The van der Waals surface area contributed by atoms with Crippen LogP contribution in [-0.2, 0) is 26.4 Å². The van der Waals surface area contributed by atoms with Crippen molar-refractivity contribution in [1.29, 1.82) is 0 Å². The number of H-pyrrole nitrogens is 1. The van der Waals surface area contributed by atoms with Crippen LogP contribution in [0.3, 0.4) is 0 Å². The quantitative estimate of drug-likeness (QED) is 0.532. The van der Waals surface area contributed by atoms with Gasteiger partial charge in [-0.15, -0.1) is 0 Å². The van der Waals surface area contributed by atoms with E-state index in [4.69, 9.17) is 0 Å². The van der Waals surface area contributed by atoms with Gasteiger partial charge in [-0.25, -0.2) is 4.98 Å². The average Bonchev–Trinajstić information content (AvgIpc) is 3.32. The molecular weight excluding hydrogens is 374 g/mol. The number of hydrogen-bond acceptors (Lipinski definition) is 3. The molecule has 0 spiro atoms. The van der Waals surface area contributed by atoms with Gasteiger partial charge in [0, 0.05) is 66.5 Å². The van der Waals surface area contributed by atoms with Gasteiger partial charge in [0.15, 0.2) is 0 Å². The van der Waals surface area contributed by atoms with Gasteiger partial charge in [0.25, 0.3) is 5.91 Å². The lowest BCUT2D eigenvalue weighted by Crippen LogP contribution is -2.35. The molecule has 2 aliphatic heterocycles. The molecule has 0 atom stereocenters. The summed E-state index contributed by atoms with van der Waals surface area (Å²) in [6, 6.07) is 10.3. The first-order chi connectivity index (χ1) is 14.6. The van der Waals surface area contributed by atoms with Crippen LogP contribution in [0.25, 0.3) is 21.9 Å². The minimum absolute atomic E-state index is 0.0762. The second-order valence-electron chi connectivity index (χ2n) is 8.68. The monoisotopic (exact) mass is 399 g/mol. The van der Waals surface area contributed by atoms with Crippen LogP contribution in [0.5, 0.6) is 0 Å². The van der Waals surface area contributed by atoms with Crippen molar-refractivity contribution in [2.24, 2.45) is 7.05 Å². The number of anilines is 1. The number of carbonyl (C=O) groups is 1. The van der Waals surface area contributed by atoms with Crippen molar-refractivity contribution in [2.45, 2.75) is 25.8 Å². The van der Waals surface area contributed by atoms with Crippen LogP contribution in [0.2, 0.25) is 0 Å². The molecule has 1 amide bonds. The Morgan fingerprint density at radius 3 is 2.87 bits per heavy atom. The van der Waals surface area contributed by atoms with Gasteiger partial charge in [0.2, 0.25) is 0 Å². The average molecular weight is 399 g/mol. The Kier molecular flexibility index (Phi) is 3.80. The molecular formula is C24H25N5O. The predicted molar refractivity (Wildman–Crippen MR) is 119 cm³/mol. The summed E-state index contributed by atoms with van der Waals surface area (Å²) in [5.41, 5.74) is 8.87. The van der Waals surface area contributed by atoms with Gasteiger partial charge in [0.05, 0.1) is 17.4 Å². The Hall–Kier alpha value is -3.12. The number of aromatic nitrogens is 3. The number of hydrogen-bond donors (Lipinski definition) is 1. The number of nitrogens with zero attached hydrogens (tertiary/aromatic N) is 4. The normalized spacial score (nSPS) is 16.8. The number of rotatable bonds is 1. The molecule has 0 radical (unpaired) electrons. The summed E-state index contributed by atoms with van der Waals surface area (Å²) in [7, 11) is 4.16. The smallest absolute Gasteiger partial charge is 0.258 e. The van der Waals surface area contributed by atoms with Gasteiger partial charge >= 0.3 is 0 Å². The van der Waals surface area contributed by atoms with E-state index in [2.05, 4.69) is 46.2 Å². The fraction of sp³-hybridized carbons (Fsp3) is 0.333. The molecule has 0 unspecified atom stereocenters. The lowest BCUT2D eigenvalue weighted by molar-refractivity contribution is 0.0985. The molecule has 4 heterocycles. The number of nitrogens with one attached hydrogen (secondary N) is 1. The maximum atomic E-state index is 13.6. The number of likely N-dealkylation sites (N-methyl/N-ethyl adjacent to an activating group) is 1. The topological polar surface area (TPSA) is 57.2 Å². The molecule has 4 aromatic rings. The predicted octanol–water partition coefficient (Wildman–Crippen LogP) is 3.64. The molecule has 6 nitrogen and oxygen atoms in total. The van der Waals surface area contributed by atoms with E-state index in [1.54, 1.807) is 0 Å². The molecule has 2 aliphatic rings. The number of aryl methyl sites for hydroxylation is 2. The zero-order chi connectivity index (χ0) is 20.4. The molecule has 6 rings (SSSR count). The summed E-state index contributed by atoms with van der Waals surface area (Å²) in [6.07, 6.45) is 4.81. The van der Waals surface area contributed by atoms with Crippen molar-refractivity contribution < 1.29 is 4.79 Å². The number of aromatic amines is 1. The third-order valence-electron chi connectivity index (χ3n) is 6.73. The van der Waals surface area contributed by atoms with Gasteiger partial charge in [-0.2, -0.15) is 0 Å². The van der Waals surface area contributed by atoms with Crippen LogP contribution in [0, 0.1) is 0 Å². The van der Waals surface area contributed by atoms with Crippen molar-refractivity contribution in [3.8, 4) is 0 Å². The summed E-state index contributed by atoms with van der Waals surface area (Å²) >= 11 is 0. The van der Waals surface area contributed by atoms with Gasteiger partial charge in [-0.1, -0.05) is 0 Å². The number of benzene rings is 2. The summed E-state index contributed by atoms with van der Waals surface area (Å²) in [5, 5.41) is 1.18. The standard InChI is InChI=1S/C24H25N5O/c1-27-11-9-20-18(13-27)17-12-15(5-6-19(17)26-20)24(30)29-10-3-4-16-21(29)7-8-22-23(16)25-14-28(22)2/h5-8,12,14,26H,3-4,9-11,13H2,1-2H3. The van der Waals surface area contributed by atoms with Crippen molar-refractivity contribution >= 4 is 33.5 Å². The minimum atomic E-state index is 0.0762. The van der Waals surface area contributed by atoms with Crippen molar-refractivity contribution in [2.75, 3.05) is 25.0 Å². The molecule has 2 aromatic heterocycles. The number of amides is 1. The summed E-state index contributed by atoms with van der Waals surface area (Å²) in [5.74, 6) is 0.0762. The zero-order valence-electron chi connectivity index (χ0n) is 17.4. The summed E-state index contributed by atoms with van der Waals surface area (Å²) in [4.78, 5) is 26.0. The highest BCUT2D eigenvalue weighted by Crippen LogP contribution is 2.34. The largest absolute Gasteiger partial charge is 0.358 e. The first-order valence-corrected chi connectivity index (χ1v) is 10.7. The van der Waals surface area contributed by atoms with E-state index in [0.29, 0.717) is 0 Å². The number of fused-ring (bicyclic) bond motifs is 6. The highest BCUT2D eigenvalue weighted by molar-refractivity contribution is 6.09. The van der Waals surface area contributed by atoms with E-state index >= 15 is 0 Å². The van der Waals surface area contributed by atoms with Gasteiger partial charge in [-0.3, -0.25) is 4.79 Å². The fourth-order valence-electron chi connectivity index (χ4n) is 5.13. The second kappa shape index (κ2) is 6.44. The fourth-order valence-corrected chi connectivity index (χ4v) is 5.13. The molecule has 2 aromatic carbocycles. The lowest BCUT2D eigenvalue weighted by atomic mass is 9.98. The van der Waals surface area contributed by atoms with E-state index in [1.165, 1.54) is 22.2 Å². The van der Waals surface area contributed by atoms with Gasteiger partial charge < -0.3 is 19.4 Å². The first-order valence-electron chi connectivity index (χ1n) is 10.7. The van der Waals surface area contributed by atoms with Gasteiger partial charge in [0.1, 0.15) is 0 Å². The Bertz CT molecular complexity index is 1310. The number of carbonyl (C=O) groups excluding carboxylic acids is 1. The maximum absolute atomic E-state index is 13.6. The molecule has 0 saturated heterocycles. The molecule has 0 saturated carbocycles. The summed E-state index contributed by atoms with van der Waals surface area (Å²) < 4.78 is 2.04. The van der Waals surface area contributed by atoms with Crippen LogP contribution < -0.4 is 4.90 Å². The number of imidazole rings is 1. The Morgan fingerprint density at radius 1 is 1.07 bits per heavy atom. The SMILES string of the molecule is CN1CCc2[nH]c3ccc(C(=O)N4CCCc5c4ccc4c5ncn4C)cc3c2C1. The Balaban J connectivity index is 1.42.